The van der Waals surface area contributed by atoms with Crippen molar-refractivity contribution in [3.8, 4) is 11.1 Å². The summed E-state index contributed by atoms with van der Waals surface area (Å²) < 4.78 is 29.7. The normalized spacial score (nSPS) is 11.6. The second-order valence-corrected chi connectivity index (χ2v) is 7.25. The van der Waals surface area contributed by atoms with E-state index in [9.17, 15) is 13.6 Å². The van der Waals surface area contributed by atoms with Crippen molar-refractivity contribution in [2.45, 2.75) is 52.0 Å². The van der Waals surface area contributed by atoms with E-state index in [0.29, 0.717) is 18.8 Å². The lowest BCUT2D eigenvalue weighted by atomic mass is 10.0. The maximum absolute atomic E-state index is 14.1. The van der Waals surface area contributed by atoms with Gasteiger partial charge in [0.25, 0.3) is 0 Å². The van der Waals surface area contributed by atoms with Gasteiger partial charge in [-0.3, -0.25) is 0 Å². The minimum atomic E-state index is -3.04. The van der Waals surface area contributed by atoms with Crippen LogP contribution in [0.2, 0.25) is 0 Å². The van der Waals surface area contributed by atoms with Gasteiger partial charge in [0.05, 0.1) is 12.1 Å². The monoisotopic (exact) mass is 413 g/mol. The van der Waals surface area contributed by atoms with Crippen LogP contribution in [0.5, 0.6) is 0 Å². The van der Waals surface area contributed by atoms with Gasteiger partial charge < -0.3 is 5.11 Å². The molecule has 5 nitrogen and oxygen atoms in total. The number of rotatable bonds is 9. The lowest BCUT2D eigenvalue weighted by Crippen LogP contribution is -2.14. The average Bonchev–Trinajstić information content (AvgIpc) is 3.16. The minimum absolute atomic E-state index is 0.226. The number of hydrogen-bond acceptors (Lipinski definition) is 3. The lowest BCUT2D eigenvalue weighted by Gasteiger charge is -2.09. The van der Waals surface area contributed by atoms with E-state index >= 15 is 0 Å². The molecule has 0 aliphatic rings. The van der Waals surface area contributed by atoms with Crippen molar-refractivity contribution < 1.29 is 18.7 Å². The number of carboxylic acids is 1. The molecule has 0 radical (unpaired) electrons. The molecule has 0 unspecified atom stereocenters. The molecule has 0 saturated heterocycles. The van der Waals surface area contributed by atoms with Crippen molar-refractivity contribution in [1.82, 2.24) is 14.8 Å². The van der Waals surface area contributed by atoms with E-state index in [2.05, 4.69) is 10.1 Å². The van der Waals surface area contributed by atoms with Gasteiger partial charge in [-0.1, -0.05) is 56.7 Å². The third-order valence-corrected chi connectivity index (χ3v) is 5.00. The van der Waals surface area contributed by atoms with Gasteiger partial charge in [0, 0.05) is 12.8 Å². The maximum atomic E-state index is 14.1. The van der Waals surface area contributed by atoms with E-state index in [4.69, 9.17) is 5.11 Å². The van der Waals surface area contributed by atoms with E-state index in [0.717, 1.165) is 29.5 Å². The van der Waals surface area contributed by atoms with Crippen molar-refractivity contribution in [2.24, 2.45) is 0 Å². The second-order valence-electron chi connectivity index (χ2n) is 7.25. The molecule has 3 aromatic rings. The van der Waals surface area contributed by atoms with Crippen LogP contribution in [-0.4, -0.2) is 25.8 Å². The molecule has 30 heavy (non-hydrogen) atoms. The Labute approximate surface area is 174 Å². The molecule has 0 bridgehead atoms. The fourth-order valence-corrected chi connectivity index (χ4v) is 3.14. The summed E-state index contributed by atoms with van der Waals surface area (Å²) in [5, 5.41) is 13.3. The van der Waals surface area contributed by atoms with Crippen LogP contribution < -0.4 is 0 Å². The van der Waals surface area contributed by atoms with Gasteiger partial charge in [-0.2, -0.15) is 8.78 Å². The van der Waals surface area contributed by atoms with Crippen LogP contribution in [0, 0.1) is 0 Å². The smallest absolute Gasteiger partial charge is 0.335 e. The molecule has 1 N–H and O–H groups in total. The maximum Gasteiger partial charge on any atom is 0.335 e. The van der Waals surface area contributed by atoms with E-state index in [1.807, 2.05) is 37.3 Å². The van der Waals surface area contributed by atoms with E-state index in [-0.39, 0.29) is 12.0 Å². The molecule has 158 valence electrons. The number of benzene rings is 2. The standard InChI is InChI=1S/C23H25F2N3O2/c1-3-5-9-20-26-22(23(24,25)4-2)27-28(20)15-16-10-12-17(13-11-16)18-7-6-8-19(14-18)21(29)30/h6-8,10-14H,3-5,9,15H2,1-2H3,(H,29,30). The summed E-state index contributed by atoms with van der Waals surface area (Å²) in [4.78, 5) is 15.3. The number of unbranched alkanes of at least 4 members (excludes halogenated alkanes) is 1. The van der Waals surface area contributed by atoms with Crippen LogP contribution in [0.4, 0.5) is 8.78 Å². The number of halogens is 2. The largest absolute Gasteiger partial charge is 0.478 e. The Morgan fingerprint density at radius 1 is 1.10 bits per heavy atom. The first-order valence-corrected chi connectivity index (χ1v) is 10.1. The third kappa shape index (κ3) is 4.90. The number of hydrogen-bond donors (Lipinski definition) is 1. The molecule has 2 aromatic carbocycles. The van der Waals surface area contributed by atoms with Gasteiger partial charge in [-0.05, 0) is 35.2 Å². The Morgan fingerprint density at radius 3 is 2.47 bits per heavy atom. The summed E-state index contributed by atoms with van der Waals surface area (Å²) in [6.07, 6.45) is 2.06. The van der Waals surface area contributed by atoms with Crippen molar-refractivity contribution in [2.75, 3.05) is 0 Å². The number of carboxylic acid groups (broad SMARTS) is 1. The Hall–Kier alpha value is -3.09. The minimum Gasteiger partial charge on any atom is -0.478 e. The first-order chi connectivity index (χ1) is 14.3. The summed E-state index contributed by atoms with van der Waals surface area (Å²) in [5.74, 6) is -3.86. The zero-order valence-electron chi connectivity index (χ0n) is 17.1. The molecule has 0 aliphatic carbocycles. The first-order valence-electron chi connectivity index (χ1n) is 10.1. The fraction of sp³-hybridized carbons (Fsp3) is 0.348. The zero-order valence-corrected chi connectivity index (χ0v) is 17.1. The van der Waals surface area contributed by atoms with Crippen LogP contribution in [-0.2, 0) is 18.9 Å². The zero-order chi connectivity index (χ0) is 21.7. The molecule has 0 fully saturated rings. The van der Waals surface area contributed by atoms with Gasteiger partial charge in [0.1, 0.15) is 5.82 Å². The number of aryl methyl sites for hydroxylation is 1. The molecule has 1 heterocycles. The Kier molecular flexibility index (Phi) is 6.59. The lowest BCUT2D eigenvalue weighted by molar-refractivity contribution is -0.0177. The summed E-state index contributed by atoms with van der Waals surface area (Å²) in [5.41, 5.74) is 2.81. The van der Waals surface area contributed by atoms with Crippen LogP contribution >= 0.6 is 0 Å². The molecular weight excluding hydrogens is 388 g/mol. The molecule has 0 saturated carbocycles. The van der Waals surface area contributed by atoms with Crippen molar-refractivity contribution in [3.05, 3.63) is 71.3 Å². The number of nitrogens with zero attached hydrogens (tertiary/aromatic N) is 3. The number of alkyl halides is 2. The number of aromatic nitrogens is 3. The third-order valence-electron chi connectivity index (χ3n) is 5.00. The van der Waals surface area contributed by atoms with Gasteiger partial charge in [-0.25, -0.2) is 14.5 Å². The fourth-order valence-electron chi connectivity index (χ4n) is 3.14. The summed E-state index contributed by atoms with van der Waals surface area (Å²) in [6, 6.07) is 14.3. The number of aromatic carboxylic acids is 1. The van der Waals surface area contributed by atoms with Crippen LogP contribution in [0.15, 0.2) is 48.5 Å². The molecule has 1 aromatic heterocycles. The molecule has 0 spiro atoms. The highest BCUT2D eigenvalue weighted by Gasteiger charge is 2.35. The first kappa shape index (κ1) is 21.6. The van der Waals surface area contributed by atoms with Crippen molar-refractivity contribution in [3.63, 3.8) is 0 Å². The SMILES string of the molecule is CCCCc1nc(C(F)(F)CC)nn1Cc1ccc(-c2cccc(C(=O)O)c2)cc1. The van der Waals surface area contributed by atoms with Gasteiger partial charge in [0.15, 0.2) is 0 Å². The van der Waals surface area contributed by atoms with Crippen LogP contribution in [0.1, 0.15) is 60.7 Å². The van der Waals surface area contributed by atoms with Gasteiger partial charge >= 0.3 is 11.9 Å². The van der Waals surface area contributed by atoms with Crippen molar-refractivity contribution in [1.29, 1.82) is 0 Å². The Morgan fingerprint density at radius 2 is 1.83 bits per heavy atom. The number of carbonyl (C=O) groups is 1. The second kappa shape index (κ2) is 9.15. The molecule has 0 aliphatic heterocycles. The predicted octanol–water partition coefficient (Wildman–Crippen LogP) is 5.54. The highest BCUT2D eigenvalue weighted by molar-refractivity contribution is 5.89. The molecule has 3 rings (SSSR count). The van der Waals surface area contributed by atoms with E-state index in [1.54, 1.807) is 22.9 Å². The molecular formula is C23H25F2N3O2. The summed E-state index contributed by atoms with van der Waals surface area (Å²) in [7, 11) is 0. The van der Waals surface area contributed by atoms with E-state index in [1.165, 1.54) is 6.92 Å². The predicted molar refractivity (Wildman–Crippen MR) is 111 cm³/mol. The average molecular weight is 413 g/mol. The quantitative estimate of drug-likeness (QED) is 0.500. The van der Waals surface area contributed by atoms with Crippen LogP contribution in [0.3, 0.4) is 0 Å². The van der Waals surface area contributed by atoms with Gasteiger partial charge in [0.2, 0.25) is 5.82 Å². The topological polar surface area (TPSA) is 68.0 Å². The molecule has 0 atom stereocenters. The Balaban J connectivity index is 1.84. The summed E-state index contributed by atoms with van der Waals surface area (Å²) >= 11 is 0. The van der Waals surface area contributed by atoms with E-state index < -0.39 is 17.7 Å². The molecule has 7 heteroatoms. The summed E-state index contributed by atoms with van der Waals surface area (Å²) in [6.45, 7) is 3.81. The van der Waals surface area contributed by atoms with Crippen LogP contribution in [0.25, 0.3) is 11.1 Å². The van der Waals surface area contributed by atoms with Crippen molar-refractivity contribution >= 4 is 5.97 Å². The van der Waals surface area contributed by atoms with Gasteiger partial charge in [-0.15, -0.1) is 5.10 Å². The highest BCUT2D eigenvalue weighted by atomic mass is 19.3. The molecule has 0 amide bonds. The highest BCUT2D eigenvalue weighted by Crippen LogP contribution is 2.29. The Bertz CT molecular complexity index is 1010.